The van der Waals surface area contributed by atoms with Gasteiger partial charge in [-0.15, -0.1) is 4.98 Å². The van der Waals surface area contributed by atoms with Gasteiger partial charge in [0.05, 0.1) is 53.9 Å². The number of pyridine rings is 2. The molecule has 6 aromatic heterocycles. The maximum absolute atomic E-state index is 7.08. The molecular formula is C35H24BrN11. The molecule has 12 heteroatoms. The fourth-order valence-electron chi connectivity index (χ4n) is 5.04. The lowest BCUT2D eigenvalue weighted by molar-refractivity contribution is 0.867. The van der Waals surface area contributed by atoms with Gasteiger partial charge in [0.2, 0.25) is 0 Å². The van der Waals surface area contributed by atoms with E-state index < -0.39 is 0 Å². The molecule has 0 fully saturated rings. The van der Waals surface area contributed by atoms with Crippen LogP contribution >= 0.6 is 15.9 Å². The molecule has 0 saturated carbocycles. The molecule has 6 heterocycles. The first-order valence-electron chi connectivity index (χ1n) is 14.5. The van der Waals surface area contributed by atoms with Crippen LogP contribution in [0, 0.1) is 20.4 Å². The highest BCUT2D eigenvalue weighted by atomic mass is 79.9. The number of nitrogens with zero attached hydrogens (tertiary/aromatic N) is 11. The van der Waals surface area contributed by atoms with Crippen LogP contribution in [0.3, 0.4) is 0 Å². The molecule has 0 bridgehead atoms. The van der Waals surface area contributed by atoms with Gasteiger partial charge in [0.25, 0.3) is 5.82 Å². The lowest BCUT2D eigenvalue weighted by Crippen LogP contribution is -2.00. The van der Waals surface area contributed by atoms with Crippen molar-refractivity contribution < 1.29 is 0 Å². The van der Waals surface area contributed by atoms with Crippen LogP contribution in [0.2, 0.25) is 0 Å². The topological polar surface area (TPSA) is 117 Å². The standard InChI is InChI=1S/C18H12N6.C17H12BrN5/c1-12-4-3-5-18(22-12)24-16-8-13(6-7-14(16)9-21-24)15-10-20-11-17(19-2)23-15;1-11-3-2-4-17(21-11)23-15-7-12(5-6-13(15)8-20-23)14-9-19-10-16(18)22-14/h3-11H,1H3;2-10H,1H3. The molecule has 0 amide bonds. The van der Waals surface area contributed by atoms with Gasteiger partial charge in [-0.2, -0.15) is 10.2 Å². The van der Waals surface area contributed by atoms with E-state index in [2.05, 4.69) is 66.9 Å². The van der Waals surface area contributed by atoms with Gasteiger partial charge >= 0.3 is 0 Å². The third kappa shape index (κ3) is 6.20. The molecular weight excluding hydrogens is 654 g/mol. The molecule has 0 N–H and O–H groups in total. The molecule has 0 radical (unpaired) electrons. The minimum absolute atomic E-state index is 0.279. The van der Waals surface area contributed by atoms with E-state index >= 15 is 0 Å². The molecule has 0 aliphatic rings. The summed E-state index contributed by atoms with van der Waals surface area (Å²) in [4.78, 5) is 29.4. The van der Waals surface area contributed by atoms with Crippen LogP contribution in [-0.4, -0.2) is 49.5 Å². The Labute approximate surface area is 277 Å². The van der Waals surface area contributed by atoms with E-state index in [1.54, 1.807) is 23.3 Å². The smallest absolute Gasteiger partial charge is 0.288 e. The monoisotopic (exact) mass is 677 g/mol. The van der Waals surface area contributed by atoms with Crippen molar-refractivity contribution in [3.8, 4) is 34.2 Å². The molecule has 0 spiro atoms. The van der Waals surface area contributed by atoms with Gasteiger partial charge < -0.3 is 4.85 Å². The number of aryl methyl sites for hydroxylation is 2. The fourth-order valence-corrected chi connectivity index (χ4v) is 5.35. The van der Waals surface area contributed by atoms with Crippen molar-refractivity contribution in [1.29, 1.82) is 0 Å². The van der Waals surface area contributed by atoms with Crippen molar-refractivity contribution in [2.75, 3.05) is 0 Å². The zero-order valence-electron chi connectivity index (χ0n) is 25.2. The average molecular weight is 679 g/mol. The van der Waals surface area contributed by atoms with E-state index in [4.69, 9.17) is 6.57 Å². The molecule has 8 aromatic rings. The van der Waals surface area contributed by atoms with E-state index in [9.17, 15) is 0 Å². The minimum atomic E-state index is 0.279. The number of halogens is 1. The number of benzene rings is 2. The number of rotatable bonds is 4. The van der Waals surface area contributed by atoms with E-state index in [1.807, 2.05) is 97.7 Å². The van der Waals surface area contributed by atoms with Crippen molar-refractivity contribution >= 4 is 43.6 Å². The van der Waals surface area contributed by atoms with E-state index in [0.29, 0.717) is 10.3 Å². The van der Waals surface area contributed by atoms with Crippen molar-refractivity contribution in [1.82, 2.24) is 49.5 Å². The number of hydrogen-bond acceptors (Lipinski definition) is 8. The molecule has 0 aliphatic carbocycles. The fraction of sp³-hybridized carbons (Fsp3) is 0.0571. The van der Waals surface area contributed by atoms with Crippen LogP contribution in [0.4, 0.5) is 5.82 Å². The predicted octanol–water partition coefficient (Wildman–Crippen LogP) is 7.69. The largest absolute Gasteiger partial charge is 0.359 e. The van der Waals surface area contributed by atoms with Crippen molar-refractivity contribution in [2.45, 2.75) is 13.8 Å². The van der Waals surface area contributed by atoms with Gasteiger partial charge in [-0.1, -0.05) is 36.9 Å². The first kappa shape index (κ1) is 29.5. The van der Waals surface area contributed by atoms with Crippen molar-refractivity contribution in [3.05, 3.63) is 137 Å². The Kier molecular flexibility index (Phi) is 7.95. The summed E-state index contributed by atoms with van der Waals surface area (Å²) < 4.78 is 4.36. The summed E-state index contributed by atoms with van der Waals surface area (Å²) in [6, 6.07) is 23.8. The Morgan fingerprint density at radius 1 is 0.596 bits per heavy atom. The Hall–Kier alpha value is -6.19. The van der Waals surface area contributed by atoms with Crippen LogP contribution in [-0.2, 0) is 0 Å². The second-order valence-corrected chi connectivity index (χ2v) is 11.3. The molecule has 0 saturated heterocycles. The van der Waals surface area contributed by atoms with Gasteiger partial charge in [-0.25, -0.2) is 24.3 Å². The molecule has 0 atom stereocenters. The first-order valence-corrected chi connectivity index (χ1v) is 15.3. The molecule has 226 valence electrons. The maximum atomic E-state index is 7.08. The van der Waals surface area contributed by atoms with Gasteiger partial charge in [-0.3, -0.25) is 9.97 Å². The first-order chi connectivity index (χ1) is 22.9. The Morgan fingerprint density at radius 2 is 1.13 bits per heavy atom. The SMILES string of the molecule is Cc1cccc(-n2ncc3ccc(-c4cncc(Br)n4)cc32)n1.[C-]#[N+]c1cncc(-c2ccc3cnn(-c4cccc(C)n4)c3c2)n1. The van der Waals surface area contributed by atoms with Gasteiger partial charge in [-0.05, 0) is 72.2 Å². The van der Waals surface area contributed by atoms with Crippen LogP contribution in [0.1, 0.15) is 11.4 Å². The average Bonchev–Trinajstić information content (AvgIpc) is 3.73. The second-order valence-electron chi connectivity index (χ2n) is 10.5. The molecule has 47 heavy (non-hydrogen) atoms. The Morgan fingerprint density at radius 3 is 1.64 bits per heavy atom. The Balaban J connectivity index is 0.000000150. The maximum Gasteiger partial charge on any atom is 0.288 e. The normalized spacial score (nSPS) is 10.9. The summed E-state index contributed by atoms with van der Waals surface area (Å²) >= 11 is 3.36. The van der Waals surface area contributed by atoms with Crippen LogP contribution in [0.5, 0.6) is 0 Å². The van der Waals surface area contributed by atoms with E-state index in [0.717, 1.165) is 61.7 Å². The number of aromatic nitrogens is 10. The second kappa shape index (κ2) is 12.7. The minimum Gasteiger partial charge on any atom is -0.359 e. The summed E-state index contributed by atoms with van der Waals surface area (Å²) in [5.41, 5.74) is 7.16. The van der Waals surface area contributed by atoms with E-state index in [1.165, 1.54) is 6.20 Å². The molecule has 11 nitrogen and oxygen atoms in total. The molecule has 2 aromatic carbocycles. The third-order valence-corrected chi connectivity index (χ3v) is 7.64. The van der Waals surface area contributed by atoms with Crippen LogP contribution in [0.15, 0.2) is 115 Å². The van der Waals surface area contributed by atoms with Crippen molar-refractivity contribution in [2.24, 2.45) is 0 Å². The lowest BCUT2D eigenvalue weighted by Gasteiger charge is -2.05. The highest BCUT2D eigenvalue weighted by Crippen LogP contribution is 2.27. The summed E-state index contributed by atoms with van der Waals surface area (Å²) in [6.45, 7) is 11.0. The summed E-state index contributed by atoms with van der Waals surface area (Å²) in [7, 11) is 0. The third-order valence-electron chi connectivity index (χ3n) is 7.26. The number of fused-ring (bicyclic) bond motifs is 2. The highest BCUT2D eigenvalue weighted by Gasteiger charge is 2.12. The summed E-state index contributed by atoms with van der Waals surface area (Å²) in [6.07, 6.45) is 10.2. The van der Waals surface area contributed by atoms with Gasteiger partial charge in [0, 0.05) is 33.3 Å². The summed E-state index contributed by atoms with van der Waals surface area (Å²) in [5, 5.41) is 11.0. The van der Waals surface area contributed by atoms with Crippen LogP contribution < -0.4 is 0 Å². The zero-order valence-corrected chi connectivity index (χ0v) is 26.8. The van der Waals surface area contributed by atoms with E-state index in [-0.39, 0.29) is 5.82 Å². The molecule has 0 unspecified atom stereocenters. The molecule has 8 rings (SSSR count). The highest BCUT2D eigenvalue weighted by molar-refractivity contribution is 9.10. The summed E-state index contributed by atoms with van der Waals surface area (Å²) in [5.74, 6) is 1.85. The quantitative estimate of drug-likeness (QED) is 0.174. The zero-order chi connectivity index (χ0) is 32.3. The van der Waals surface area contributed by atoms with Crippen molar-refractivity contribution in [3.63, 3.8) is 0 Å². The predicted molar refractivity (Wildman–Crippen MR) is 183 cm³/mol. The van der Waals surface area contributed by atoms with Gasteiger partial charge in [0.15, 0.2) is 17.3 Å². The Bertz CT molecular complexity index is 2440. The number of hydrogen-bond donors (Lipinski definition) is 0. The molecule has 0 aliphatic heterocycles. The van der Waals surface area contributed by atoms with Crippen LogP contribution in [0.25, 0.3) is 60.8 Å². The van der Waals surface area contributed by atoms with Gasteiger partial charge in [0.1, 0.15) is 4.60 Å². The lowest BCUT2D eigenvalue weighted by atomic mass is 10.1.